The summed E-state index contributed by atoms with van der Waals surface area (Å²) in [6.45, 7) is 1.22. The summed E-state index contributed by atoms with van der Waals surface area (Å²) in [5, 5.41) is 20.0. The molecule has 1 atom stereocenters. The number of rotatable bonds is 5. The van der Waals surface area contributed by atoms with Crippen LogP contribution in [0, 0.1) is 10.1 Å². The highest BCUT2D eigenvalue weighted by atomic mass is 16.6. The van der Waals surface area contributed by atoms with Crippen molar-refractivity contribution in [3.8, 4) is 0 Å². The summed E-state index contributed by atoms with van der Waals surface area (Å²) in [7, 11) is 1.72. The van der Waals surface area contributed by atoms with Crippen LogP contribution in [0.1, 0.15) is 23.2 Å². The Bertz CT molecular complexity index is 525. The number of carboxylic acid groups (broad SMARTS) is 1. The number of hydrogen-bond donors (Lipinski definition) is 1. The van der Waals surface area contributed by atoms with Gasteiger partial charge in [-0.15, -0.1) is 0 Å². The van der Waals surface area contributed by atoms with Gasteiger partial charge in [-0.1, -0.05) is 0 Å². The van der Waals surface area contributed by atoms with Gasteiger partial charge in [-0.05, 0) is 18.9 Å². The minimum Gasteiger partial charge on any atom is -0.478 e. The fraction of sp³-hybridized carbons (Fsp3) is 0.462. The van der Waals surface area contributed by atoms with Crippen LogP contribution in [-0.4, -0.2) is 42.3 Å². The zero-order valence-electron chi connectivity index (χ0n) is 11.1. The van der Waals surface area contributed by atoms with E-state index in [1.165, 1.54) is 18.2 Å². The number of nitro groups is 1. The maximum Gasteiger partial charge on any atom is 0.337 e. The van der Waals surface area contributed by atoms with Gasteiger partial charge < -0.3 is 14.7 Å². The molecule has 0 amide bonds. The molecule has 7 nitrogen and oxygen atoms in total. The van der Waals surface area contributed by atoms with Crippen LogP contribution in [0.3, 0.4) is 0 Å². The van der Waals surface area contributed by atoms with Gasteiger partial charge in [-0.2, -0.15) is 0 Å². The molecular weight excluding hydrogens is 264 g/mol. The highest BCUT2D eigenvalue weighted by Crippen LogP contribution is 2.26. The normalized spacial score (nSPS) is 17.9. The third kappa shape index (κ3) is 3.05. The first-order valence-corrected chi connectivity index (χ1v) is 6.33. The molecule has 0 aliphatic carbocycles. The summed E-state index contributed by atoms with van der Waals surface area (Å²) in [5.41, 5.74) is 0.266. The van der Waals surface area contributed by atoms with Gasteiger partial charge in [-0.25, -0.2) is 4.79 Å². The van der Waals surface area contributed by atoms with Crippen molar-refractivity contribution in [3.63, 3.8) is 0 Å². The van der Waals surface area contributed by atoms with Gasteiger partial charge in [0.05, 0.1) is 22.3 Å². The number of nitrogens with zero attached hydrogens (tertiary/aromatic N) is 2. The molecule has 2 rings (SSSR count). The first kappa shape index (κ1) is 14.3. The zero-order chi connectivity index (χ0) is 14.7. The van der Waals surface area contributed by atoms with Gasteiger partial charge in [0.15, 0.2) is 0 Å². The largest absolute Gasteiger partial charge is 0.478 e. The fourth-order valence-corrected chi connectivity index (χ4v) is 2.32. The second-order valence-corrected chi connectivity index (χ2v) is 4.78. The number of non-ortho nitro benzene ring substituents is 1. The molecule has 1 aliphatic rings. The molecule has 1 N–H and O–H groups in total. The number of ether oxygens (including phenoxy) is 1. The van der Waals surface area contributed by atoms with E-state index >= 15 is 0 Å². The first-order valence-electron chi connectivity index (χ1n) is 6.33. The molecule has 1 aliphatic heterocycles. The molecule has 0 bridgehead atoms. The van der Waals surface area contributed by atoms with Gasteiger partial charge in [0.2, 0.25) is 0 Å². The lowest BCUT2D eigenvalue weighted by molar-refractivity contribution is -0.384. The van der Waals surface area contributed by atoms with E-state index in [1.54, 1.807) is 11.9 Å². The molecule has 0 saturated carbocycles. The van der Waals surface area contributed by atoms with Crippen molar-refractivity contribution in [2.24, 2.45) is 0 Å². The second-order valence-electron chi connectivity index (χ2n) is 4.78. The van der Waals surface area contributed by atoms with E-state index in [0.29, 0.717) is 18.8 Å². The van der Waals surface area contributed by atoms with Crippen molar-refractivity contribution in [3.05, 3.63) is 33.9 Å². The minimum atomic E-state index is -1.10. The van der Waals surface area contributed by atoms with Gasteiger partial charge in [0.25, 0.3) is 5.69 Å². The van der Waals surface area contributed by atoms with Gasteiger partial charge in [-0.3, -0.25) is 10.1 Å². The number of nitro benzene ring substituents is 1. The zero-order valence-corrected chi connectivity index (χ0v) is 11.1. The van der Waals surface area contributed by atoms with Gasteiger partial charge in [0.1, 0.15) is 0 Å². The predicted molar refractivity (Wildman–Crippen MR) is 72.3 cm³/mol. The maximum atomic E-state index is 11.2. The number of carboxylic acids is 1. The SMILES string of the molecule is CN(CC1CCCO1)c1cc([N+](=O)[O-])ccc1C(=O)O. The molecule has 0 radical (unpaired) electrons. The average molecular weight is 280 g/mol. The summed E-state index contributed by atoms with van der Waals surface area (Å²) >= 11 is 0. The lowest BCUT2D eigenvalue weighted by Gasteiger charge is -2.24. The third-order valence-corrected chi connectivity index (χ3v) is 3.34. The molecule has 7 heteroatoms. The summed E-state index contributed by atoms with van der Waals surface area (Å²) in [4.78, 5) is 23.2. The van der Waals surface area contributed by atoms with Gasteiger partial charge in [0, 0.05) is 32.3 Å². The van der Waals surface area contributed by atoms with E-state index in [4.69, 9.17) is 4.74 Å². The molecule has 20 heavy (non-hydrogen) atoms. The quantitative estimate of drug-likeness (QED) is 0.654. The van der Waals surface area contributed by atoms with Crippen molar-refractivity contribution in [1.82, 2.24) is 0 Å². The van der Waals surface area contributed by atoms with Crippen molar-refractivity contribution in [1.29, 1.82) is 0 Å². The third-order valence-electron chi connectivity index (χ3n) is 3.34. The Labute approximate surface area is 115 Å². The molecule has 1 aromatic carbocycles. The van der Waals surface area contributed by atoms with E-state index in [9.17, 15) is 20.0 Å². The smallest absolute Gasteiger partial charge is 0.337 e. The molecule has 108 valence electrons. The van der Waals surface area contributed by atoms with Crippen LogP contribution in [0.25, 0.3) is 0 Å². The summed E-state index contributed by atoms with van der Waals surface area (Å²) in [5.74, 6) is -1.10. The van der Waals surface area contributed by atoms with Crippen molar-refractivity contribution < 1.29 is 19.6 Å². The standard InChI is InChI=1S/C13H16N2O5/c1-14(8-10-3-2-6-20-10)12-7-9(15(18)19)4-5-11(12)13(16)17/h4-5,7,10H,2-3,6,8H2,1H3,(H,16,17). The Hall–Kier alpha value is -2.15. The Balaban J connectivity index is 2.28. The predicted octanol–water partition coefficient (Wildman–Crippen LogP) is 1.91. The van der Waals surface area contributed by atoms with E-state index in [2.05, 4.69) is 0 Å². The number of hydrogen-bond acceptors (Lipinski definition) is 5. The number of likely N-dealkylation sites (N-methyl/N-ethyl adjacent to an activating group) is 1. The Kier molecular flexibility index (Phi) is 4.19. The van der Waals surface area contributed by atoms with Crippen molar-refractivity contribution in [2.75, 3.05) is 25.1 Å². The molecule has 1 fully saturated rings. The van der Waals surface area contributed by atoms with Crippen molar-refractivity contribution >= 4 is 17.3 Å². The van der Waals surface area contributed by atoms with Gasteiger partial charge >= 0.3 is 5.97 Å². The van der Waals surface area contributed by atoms with E-state index in [1.807, 2.05) is 0 Å². The summed E-state index contributed by atoms with van der Waals surface area (Å²) in [6, 6.07) is 3.76. The maximum absolute atomic E-state index is 11.2. The molecule has 1 heterocycles. The minimum absolute atomic E-state index is 0.0425. The lowest BCUT2D eigenvalue weighted by atomic mass is 10.1. The van der Waals surface area contributed by atoms with E-state index in [0.717, 1.165) is 12.8 Å². The lowest BCUT2D eigenvalue weighted by Crippen LogP contribution is -2.29. The van der Waals surface area contributed by atoms with Crippen LogP contribution in [-0.2, 0) is 4.74 Å². The van der Waals surface area contributed by atoms with Crippen LogP contribution >= 0.6 is 0 Å². The van der Waals surface area contributed by atoms with Crippen LogP contribution in [0.2, 0.25) is 0 Å². The molecule has 1 unspecified atom stereocenters. The molecule has 0 aromatic heterocycles. The Morgan fingerprint density at radius 1 is 1.60 bits per heavy atom. The number of carbonyl (C=O) groups is 1. The van der Waals surface area contributed by atoms with Crippen LogP contribution in [0.4, 0.5) is 11.4 Å². The average Bonchev–Trinajstić information content (AvgIpc) is 2.90. The fourth-order valence-electron chi connectivity index (χ4n) is 2.32. The molecule has 0 spiro atoms. The monoisotopic (exact) mass is 280 g/mol. The summed E-state index contributed by atoms with van der Waals surface area (Å²) < 4.78 is 5.50. The second kappa shape index (κ2) is 5.87. The highest BCUT2D eigenvalue weighted by molar-refractivity contribution is 5.95. The Morgan fingerprint density at radius 3 is 2.90 bits per heavy atom. The van der Waals surface area contributed by atoms with Crippen LogP contribution in [0.5, 0.6) is 0 Å². The van der Waals surface area contributed by atoms with Crippen LogP contribution in [0.15, 0.2) is 18.2 Å². The topological polar surface area (TPSA) is 92.9 Å². The van der Waals surface area contributed by atoms with E-state index < -0.39 is 10.9 Å². The van der Waals surface area contributed by atoms with Crippen molar-refractivity contribution in [2.45, 2.75) is 18.9 Å². The molecular formula is C13H16N2O5. The number of anilines is 1. The molecule has 1 saturated heterocycles. The molecule has 1 aromatic rings. The summed E-state index contributed by atoms with van der Waals surface area (Å²) in [6.07, 6.45) is 1.95. The Morgan fingerprint density at radius 2 is 2.35 bits per heavy atom. The first-order chi connectivity index (χ1) is 9.49. The van der Waals surface area contributed by atoms with Crippen LogP contribution < -0.4 is 4.90 Å². The van der Waals surface area contributed by atoms with E-state index in [-0.39, 0.29) is 17.4 Å². The number of benzene rings is 1. The highest BCUT2D eigenvalue weighted by Gasteiger charge is 2.22. The number of aromatic carboxylic acids is 1.